The van der Waals surface area contributed by atoms with Gasteiger partial charge in [0.25, 0.3) is 5.91 Å². The molecule has 0 bridgehead atoms. The van der Waals surface area contributed by atoms with Gasteiger partial charge in [0.1, 0.15) is 5.82 Å². The van der Waals surface area contributed by atoms with E-state index < -0.39 is 0 Å². The Labute approximate surface area is 150 Å². The SMILES string of the molecule is CC(=O)c1ccc(Nc2ccc(NC(=O)c3ccc(F)cc3)cc2)cc1. The van der Waals surface area contributed by atoms with Gasteiger partial charge in [0.2, 0.25) is 0 Å². The Kier molecular flexibility index (Phi) is 5.08. The van der Waals surface area contributed by atoms with E-state index in [0.717, 1.165) is 11.4 Å². The molecule has 4 nitrogen and oxygen atoms in total. The van der Waals surface area contributed by atoms with E-state index >= 15 is 0 Å². The molecule has 130 valence electrons. The second-order valence-corrected chi connectivity index (χ2v) is 5.80. The average molecular weight is 348 g/mol. The van der Waals surface area contributed by atoms with E-state index in [9.17, 15) is 14.0 Å². The molecule has 3 aromatic carbocycles. The predicted octanol–water partition coefficient (Wildman–Crippen LogP) is 5.02. The van der Waals surface area contributed by atoms with Crippen molar-refractivity contribution >= 4 is 28.8 Å². The van der Waals surface area contributed by atoms with Crippen molar-refractivity contribution in [2.45, 2.75) is 6.92 Å². The molecule has 0 spiro atoms. The summed E-state index contributed by atoms with van der Waals surface area (Å²) in [6, 6.07) is 19.8. The van der Waals surface area contributed by atoms with E-state index in [0.29, 0.717) is 16.8 Å². The number of Topliss-reactive ketones (excluding diaryl/α,β-unsaturated/α-hetero) is 1. The Morgan fingerprint density at radius 1 is 0.692 bits per heavy atom. The molecule has 0 aliphatic rings. The van der Waals surface area contributed by atoms with Crippen LogP contribution in [0.2, 0.25) is 0 Å². The second-order valence-electron chi connectivity index (χ2n) is 5.80. The van der Waals surface area contributed by atoms with E-state index in [4.69, 9.17) is 0 Å². The standard InChI is InChI=1S/C21H17FN2O2/c1-14(25)15-4-8-18(9-5-15)23-19-10-12-20(13-11-19)24-21(26)16-2-6-17(22)7-3-16/h2-13,23H,1H3,(H,24,26). The molecule has 2 N–H and O–H groups in total. The Hall–Kier alpha value is -3.47. The van der Waals surface area contributed by atoms with Crippen LogP contribution in [-0.4, -0.2) is 11.7 Å². The maximum absolute atomic E-state index is 12.9. The topological polar surface area (TPSA) is 58.2 Å². The fourth-order valence-electron chi connectivity index (χ4n) is 2.40. The summed E-state index contributed by atoms with van der Waals surface area (Å²) in [4.78, 5) is 23.4. The molecule has 0 aromatic heterocycles. The summed E-state index contributed by atoms with van der Waals surface area (Å²) in [5, 5.41) is 5.98. The summed E-state index contributed by atoms with van der Waals surface area (Å²) in [5.74, 6) is -0.656. The zero-order valence-electron chi connectivity index (χ0n) is 14.1. The molecule has 1 amide bonds. The minimum atomic E-state index is -0.381. The van der Waals surface area contributed by atoms with Crippen molar-refractivity contribution in [3.8, 4) is 0 Å². The summed E-state index contributed by atoms with van der Waals surface area (Å²) in [7, 11) is 0. The van der Waals surface area contributed by atoms with Crippen LogP contribution < -0.4 is 10.6 Å². The van der Waals surface area contributed by atoms with Crippen LogP contribution >= 0.6 is 0 Å². The van der Waals surface area contributed by atoms with E-state index in [-0.39, 0.29) is 17.5 Å². The number of anilines is 3. The van der Waals surface area contributed by atoms with Crippen molar-refractivity contribution in [3.63, 3.8) is 0 Å². The van der Waals surface area contributed by atoms with Gasteiger partial charge in [0.05, 0.1) is 0 Å². The third-order valence-electron chi connectivity index (χ3n) is 3.83. The first-order valence-corrected chi connectivity index (χ1v) is 8.06. The van der Waals surface area contributed by atoms with E-state index in [2.05, 4.69) is 10.6 Å². The molecule has 5 heteroatoms. The van der Waals surface area contributed by atoms with Crippen LogP contribution in [0.25, 0.3) is 0 Å². The smallest absolute Gasteiger partial charge is 0.255 e. The molecule has 0 radical (unpaired) electrons. The van der Waals surface area contributed by atoms with Gasteiger partial charge in [-0.15, -0.1) is 0 Å². The van der Waals surface area contributed by atoms with Crippen molar-refractivity contribution in [1.29, 1.82) is 0 Å². The molecule has 3 rings (SSSR count). The predicted molar refractivity (Wildman–Crippen MR) is 101 cm³/mol. The zero-order valence-corrected chi connectivity index (χ0v) is 14.1. The molecule has 0 saturated carbocycles. The minimum Gasteiger partial charge on any atom is -0.356 e. The number of halogens is 1. The van der Waals surface area contributed by atoms with Crippen LogP contribution in [0, 0.1) is 5.82 Å². The zero-order chi connectivity index (χ0) is 18.5. The van der Waals surface area contributed by atoms with Gasteiger partial charge in [-0.1, -0.05) is 0 Å². The second kappa shape index (κ2) is 7.61. The van der Waals surface area contributed by atoms with Crippen LogP contribution in [0.1, 0.15) is 27.6 Å². The third-order valence-corrected chi connectivity index (χ3v) is 3.83. The van der Waals surface area contributed by atoms with Crippen molar-refractivity contribution < 1.29 is 14.0 Å². The molecular weight excluding hydrogens is 331 g/mol. The summed E-state index contributed by atoms with van der Waals surface area (Å²) < 4.78 is 12.9. The summed E-state index contributed by atoms with van der Waals surface area (Å²) >= 11 is 0. The Balaban J connectivity index is 1.63. The monoisotopic (exact) mass is 348 g/mol. The van der Waals surface area contributed by atoms with Crippen LogP contribution in [-0.2, 0) is 0 Å². The van der Waals surface area contributed by atoms with E-state index in [1.54, 1.807) is 24.3 Å². The lowest BCUT2D eigenvalue weighted by Gasteiger charge is -2.09. The third kappa shape index (κ3) is 4.33. The van der Waals surface area contributed by atoms with Crippen LogP contribution in [0.4, 0.5) is 21.5 Å². The largest absolute Gasteiger partial charge is 0.356 e. The molecule has 3 aromatic rings. The quantitative estimate of drug-likeness (QED) is 0.636. The molecule has 0 aliphatic heterocycles. The number of ketones is 1. The lowest BCUT2D eigenvalue weighted by molar-refractivity contribution is 0.101. The van der Waals surface area contributed by atoms with Crippen LogP contribution in [0.5, 0.6) is 0 Å². The van der Waals surface area contributed by atoms with Crippen molar-refractivity contribution in [2.24, 2.45) is 0 Å². The molecule has 0 unspecified atom stereocenters. The molecule has 0 fully saturated rings. The van der Waals surface area contributed by atoms with Crippen LogP contribution in [0.15, 0.2) is 72.8 Å². The first-order chi connectivity index (χ1) is 12.5. The fourth-order valence-corrected chi connectivity index (χ4v) is 2.40. The molecule has 0 aliphatic carbocycles. The highest BCUT2D eigenvalue weighted by Gasteiger charge is 2.06. The molecular formula is C21H17FN2O2. The fraction of sp³-hybridized carbons (Fsp3) is 0.0476. The van der Waals surface area contributed by atoms with Crippen LogP contribution in [0.3, 0.4) is 0 Å². The Morgan fingerprint density at radius 3 is 1.69 bits per heavy atom. The number of benzene rings is 3. The molecule has 26 heavy (non-hydrogen) atoms. The van der Waals surface area contributed by atoms with Crippen molar-refractivity contribution in [2.75, 3.05) is 10.6 Å². The maximum Gasteiger partial charge on any atom is 0.255 e. The van der Waals surface area contributed by atoms with Crippen molar-refractivity contribution in [1.82, 2.24) is 0 Å². The van der Waals surface area contributed by atoms with Gasteiger partial charge in [0.15, 0.2) is 5.78 Å². The highest BCUT2D eigenvalue weighted by molar-refractivity contribution is 6.04. The number of hydrogen-bond acceptors (Lipinski definition) is 3. The first kappa shape index (κ1) is 17.4. The number of amides is 1. The summed E-state index contributed by atoms with van der Waals surface area (Å²) in [6.45, 7) is 1.53. The number of carbonyl (C=O) groups is 2. The van der Waals surface area contributed by atoms with Gasteiger partial charge >= 0.3 is 0 Å². The number of hydrogen-bond donors (Lipinski definition) is 2. The maximum atomic E-state index is 12.9. The van der Waals surface area contributed by atoms with Gasteiger partial charge in [-0.05, 0) is 79.7 Å². The first-order valence-electron chi connectivity index (χ1n) is 8.06. The lowest BCUT2D eigenvalue weighted by Crippen LogP contribution is -2.11. The van der Waals surface area contributed by atoms with E-state index in [1.807, 2.05) is 24.3 Å². The van der Waals surface area contributed by atoms with Gasteiger partial charge < -0.3 is 10.6 Å². The molecule has 0 atom stereocenters. The Morgan fingerprint density at radius 2 is 1.15 bits per heavy atom. The van der Waals surface area contributed by atoms with Gasteiger partial charge in [-0.2, -0.15) is 0 Å². The normalized spacial score (nSPS) is 10.2. The Bertz CT molecular complexity index is 918. The van der Waals surface area contributed by atoms with Crippen molar-refractivity contribution in [3.05, 3.63) is 89.7 Å². The summed E-state index contributed by atoms with van der Waals surface area (Å²) in [6.07, 6.45) is 0. The van der Waals surface area contributed by atoms with E-state index in [1.165, 1.54) is 31.2 Å². The number of carbonyl (C=O) groups excluding carboxylic acids is 2. The molecule has 0 heterocycles. The van der Waals surface area contributed by atoms with Gasteiger partial charge in [-0.3, -0.25) is 9.59 Å². The highest BCUT2D eigenvalue weighted by atomic mass is 19.1. The van der Waals surface area contributed by atoms with Gasteiger partial charge in [0, 0.05) is 28.2 Å². The lowest BCUT2D eigenvalue weighted by atomic mass is 10.1. The summed E-state index contributed by atoms with van der Waals surface area (Å²) in [5.41, 5.74) is 3.39. The highest BCUT2D eigenvalue weighted by Crippen LogP contribution is 2.20. The molecule has 0 saturated heterocycles. The number of nitrogens with one attached hydrogen (secondary N) is 2. The minimum absolute atomic E-state index is 0.0257. The number of rotatable bonds is 5. The average Bonchev–Trinajstić information content (AvgIpc) is 2.64. The van der Waals surface area contributed by atoms with Gasteiger partial charge in [-0.25, -0.2) is 4.39 Å².